The predicted octanol–water partition coefficient (Wildman–Crippen LogP) is -3.61. The van der Waals surface area contributed by atoms with E-state index in [1.807, 2.05) is 0 Å². The fourth-order valence-electron chi connectivity index (χ4n) is 0. The van der Waals surface area contributed by atoms with Crippen molar-refractivity contribution in [1.29, 1.82) is 0 Å². The number of hydrogen-bond acceptors (Lipinski definition) is 0. The van der Waals surface area contributed by atoms with Crippen LogP contribution in [-0.4, -0.2) is 25.8 Å². The van der Waals surface area contributed by atoms with Crippen molar-refractivity contribution in [2.24, 2.45) is 0 Å². The molecule has 0 fully saturated rings. The van der Waals surface area contributed by atoms with Gasteiger partial charge in [-0.1, -0.05) is 0 Å². The first-order valence-corrected chi connectivity index (χ1v) is 0. The molecule has 2 nitrogen and oxygen atoms in total. The standard InChI is InChI=1S/Cs.In.2O/q+1;+3;2*-2. The van der Waals surface area contributed by atoms with Gasteiger partial charge in [-0.25, -0.2) is 0 Å². The van der Waals surface area contributed by atoms with Gasteiger partial charge in [-0.3, -0.25) is 0 Å². The summed E-state index contributed by atoms with van der Waals surface area (Å²) in [5.41, 5.74) is 0. The van der Waals surface area contributed by atoms with Crippen molar-refractivity contribution >= 4 is 25.8 Å². The molecule has 0 radical (unpaired) electrons. The molecule has 16 valence electrons. The monoisotopic (exact) mass is 280 g/mol. The molecule has 0 saturated carbocycles. The van der Waals surface area contributed by atoms with E-state index in [4.69, 9.17) is 0 Å². The molecule has 0 bridgehead atoms. The second-order valence-corrected chi connectivity index (χ2v) is 0. The van der Waals surface area contributed by atoms with Crippen LogP contribution in [0.4, 0.5) is 0 Å². The Hall–Kier alpha value is 2.84. The van der Waals surface area contributed by atoms with Gasteiger partial charge < -0.3 is 11.0 Å². The average molecular weight is 280 g/mol. The molecule has 0 aliphatic rings. The van der Waals surface area contributed by atoms with Crippen LogP contribution < -0.4 is 68.9 Å². The van der Waals surface area contributed by atoms with Crippen molar-refractivity contribution in [3.05, 3.63) is 0 Å². The first kappa shape index (κ1) is 28.9. The second-order valence-electron chi connectivity index (χ2n) is 0. The summed E-state index contributed by atoms with van der Waals surface area (Å²) in [6.07, 6.45) is 0. The summed E-state index contributed by atoms with van der Waals surface area (Å²) in [6.45, 7) is 0. The summed E-state index contributed by atoms with van der Waals surface area (Å²) in [4.78, 5) is 0. The molecule has 0 heterocycles. The molecule has 0 N–H and O–H groups in total. The Kier molecular flexibility index (Phi) is 123. The van der Waals surface area contributed by atoms with E-state index in [0.29, 0.717) is 0 Å². The van der Waals surface area contributed by atoms with Crippen LogP contribution in [0.2, 0.25) is 0 Å². The average Bonchev–Trinajstić information content (AvgIpc) is 0. The Labute approximate surface area is 103 Å². The zero-order valence-electron chi connectivity index (χ0n) is 2.39. The molecule has 4 heavy (non-hydrogen) atoms. The summed E-state index contributed by atoms with van der Waals surface area (Å²) in [5, 5.41) is 0. The van der Waals surface area contributed by atoms with Crippen LogP contribution in [0.5, 0.6) is 0 Å². The Morgan fingerprint density at radius 3 is 0.750 bits per heavy atom. The minimum atomic E-state index is 0. The Morgan fingerprint density at radius 1 is 0.750 bits per heavy atom. The zero-order chi connectivity index (χ0) is 0. The van der Waals surface area contributed by atoms with E-state index in [0.717, 1.165) is 0 Å². The quantitative estimate of drug-likeness (QED) is 0.440. The summed E-state index contributed by atoms with van der Waals surface area (Å²) < 4.78 is 0. The predicted molar refractivity (Wildman–Crippen MR) is 7.13 cm³/mol. The fraction of sp³-hybridized carbons (Fsp3) is 0. The van der Waals surface area contributed by atoms with Crippen LogP contribution in [0.25, 0.3) is 0 Å². The van der Waals surface area contributed by atoms with Gasteiger partial charge in [0.15, 0.2) is 0 Å². The van der Waals surface area contributed by atoms with Crippen molar-refractivity contribution < 1.29 is 79.8 Å². The molecular weight excluding hydrogens is 280 g/mol. The topological polar surface area (TPSA) is 57.0 Å². The molecule has 0 aromatic heterocycles. The van der Waals surface area contributed by atoms with Crippen molar-refractivity contribution in [2.45, 2.75) is 0 Å². The van der Waals surface area contributed by atoms with E-state index >= 15 is 0 Å². The van der Waals surface area contributed by atoms with Crippen molar-refractivity contribution in [3.63, 3.8) is 0 Å². The van der Waals surface area contributed by atoms with Gasteiger partial charge in [0.05, 0.1) is 0 Å². The maximum atomic E-state index is 0. The molecule has 0 aliphatic heterocycles. The molecule has 0 aliphatic carbocycles. The number of hydrogen-bond donors (Lipinski definition) is 0. The summed E-state index contributed by atoms with van der Waals surface area (Å²) in [5.74, 6) is 0. The van der Waals surface area contributed by atoms with E-state index < -0.39 is 0 Å². The molecule has 0 unspecified atom stereocenters. The van der Waals surface area contributed by atoms with Gasteiger partial charge in [-0.15, -0.1) is 0 Å². The fourth-order valence-corrected chi connectivity index (χ4v) is 0. The van der Waals surface area contributed by atoms with Gasteiger partial charge in [0.1, 0.15) is 0 Å². The van der Waals surface area contributed by atoms with Gasteiger partial charge in [0.2, 0.25) is 0 Å². The van der Waals surface area contributed by atoms with Crippen LogP contribution in [0.15, 0.2) is 0 Å². The van der Waals surface area contributed by atoms with Crippen LogP contribution >= 0.6 is 0 Å². The van der Waals surface area contributed by atoms with E-state index in [2.05, 4.69) is 0 Å². The Bertz CT molecular complexity index is 6.00. The maximum Gasteiger partial charge on any atom is 3.00 e. The summed E-state index contributed by atoms with van der Waals surface area (Å²) >= 11 is 0. The number of rotatable bonds is 0. The third-order valence-corrected chi connectivity index (χ3v) is 0. The minimum Gasteiger partial charge on any atom is -2.00 e. The third kappa shape index (κ3) is 8.85. The Balaban J connectivity index is 0. The zero-order valence-corrected chi connectivity index (χ0v) is 12.0. The van der Waals surface area contributed by atoms with Crippen molar-refractivity contribution in [3.8, 4) is 0 Å². The molecule has 0 aromatic rings. The van der Waals surface area contributed by atoms with Crippen LogP contribution in [-0.2, 0) is 11.0 Å². The minimum absolute atomic E-state index is 0. The molecule has 0 atom stereocenters. The normalized spacial score (nSPS) is 0. The van der Waals surface area contributed by atoms with Crippen LogP contribution in [0.1, 0.15) is 0 Å². The largest absolute Gasteiger partial charge is 3.00 e. The summed E-state index contributed by atoms with van der Waals surface area (Å²) in [6, 6.07) is 0. The maximum absolute atomic E-state index is 0. The molecule has 0 rings (SSSR count). The molecule has 0 spiro atoms. The second kappa shape index (κ2) is 17.0. The third-order valence-electron chi connectivity index (χ3n) is 0. The van der Waals surface area contributed by atoms with Gasteiger partial charge in [-0.2, -0.15) is 0 Å². The van der Waals surface area contributed by atoms with E-state index in [1.165, 1.54) is 0 Å². The van der Waals surface area contributed by atoms with Crippen molar-refractivity contribution in [1.82, 2.24) is 0 Å². The molecule has 0 amide bonds. The van der Waals surface area contributed by atoms with Gasteiger partial charge in [0, 0.05) is 0 Å². The molecular formula is CsInO2. The Morgan fingerprint density at radius 2 is 0.750 bits per heavy atom. The molecule has 4 heteroatoms. The SMILES string of the molecule is [Cs+].[In+3].[O-2].[O-2]. The van der Waals surface area contributed by atoms with Gasteiger partial charge >= 0.3 is 94.7 Å². The summed E-state index contributed by atoms with van der Waals surface area (Å²) in [7, 11) is 0. The van der Waals surface area contributed by atoms with Crippen molar-refractivity contribution in [2.75, 3.05) is 0 Å². The van der Waals surface area contributed by atoms with E-state index in [1.54, 1.807) is 0 Å². The van der Waals surface area contributed by atoms with E-state index in [9.17, 15) is 0 Å². The van der Waals surface area contributed by atoms with E-state index in [-0.39, 0.29) is 106 Å². The van der Waals surface area contributed by atoms with Gasteiger partial charge in [0.25, 0.3) is 0 Å². The first-order chi connectivity index (χ1) is 0. The van der Waals surface area contributed by atoms with Crippen LogP contribution in [0, 0.1) is 0 Å². The smallest absolute Gasteiger partial charge is 2.00 e. The molecule has 0 saturated heterocycles. The van der Waals surface area contributed by atoms with Crippen LogP contribution in [0.3, 0.4) is 0 Å². The first-order valence-electron chi connectivity index (χ1n) is 0. The van der Waals surface area contributed by atoms with Gasteiger partial charge in [-0.05, 0) is 0 Å². The molecule has 0 aromatic carbocycles.